The van der Waals surface area contributed by atoms with Gasteiger partial charge in [-0.1, -0.05) is 31.0 Å². The van der Waals surface area contributed by atoms with Crippen LogP contribution in [0.25, 0.3) is 0 Å². The normalized spacial score (nSPS) is 20.7. The predicted molar refractivity (Wildman–Crippen MR) is 116 cm³/mol. The fourth-order valence-electron chi connectivity index (χ4n) is 4.66. The minimum absolute atomic E-state index is 0.0513. The summed E-state index contributed by atoms with van der Waals surface area (Å²) in [5.74, 6) is 2.54. The Bertz CT molecular complexity index is 827. The first-order chi connectivity index (χ1) is 14.7. The third kappa shape index (κ3) is 5.04. The third-order valence-corrected chi connectivity index (χ3v) is 6.29. The van der Waals surface area contributed by atoms with Gasteiger partial charge in [0, 0.05) is 18.5 Å². The van der Waals surface area contributed by atoms with Crippen molar-refractivity contribution in [2.75, 3.05) is 33.3 Å². The zero-order valence-corrected chi connectivity index (χ0v) is 18.0. The number of methoxy groups -OCH3 is 1. The molecule has 0 N–H and O–H groups in total. The van der Waals surface area contributed by atoms with Crippen molar-refractivity contribution in [2.24, 2.45) is 0 Å². The van der Waals surface area contributed by atoms with Crippen molar-refractivity contribution in [1.29, 1.82) is 0 Å². The van der Waals surface area contributed by atoms with Gasteiger partial charge in [0.25, 0.3) is 0 Å². The Balaban J connectivity index is 1.44. The summed E-state index contributed by atoms with van der Waals surface area (Å²) < 4.78 is 11.6. The second-order valence-corrected chi connectivity index (χ2v) is 8.44. The highest BCUT2D eigenvalue weighted by Gasteiger charge is 2.32. The largest absolute Gasteiger partial charge is 0.496 e. The lowest BCUT2D eigenvalue weighted by molar-refractivity contribution is -0.136. The molecular weight excluding hydrogens is 378 g/mol. The summed E-state index contributed by atoms with van der Waals surface area (Å²) in [5, 5.41) is 0. The number of carbonyl (C=O) groups excluding carboxylic acids is 1. The molecule has 2 aliphatic heterocycles. The maximum Gasteiger partial charge on any atom is 0.237 e. The number of likely N-dealkylation sites (tertiary alicyclic amines) is 2. The van der Waals surface area contributed by atoms with Crippen LogP contribution >= 0.6 is 0 Å². The molecule has 2 aliphatic rings. The number of ether oxygens (including phenoxy) is 1. The van der Waals surface area contributed by atoms with Crippen LogP contribution in [0, 0.1) is 0 Å². The summed E-state index contributed by atoms with van der Waals surface area (Å²) in [6.45, 7) is 3.38. The van der Waals surface area contributed by atoms with E-state index < -0.39 is 0 Å². The van der Waals surface area contributed by atoms with Crippen LogP contribution < -0.4 is 4.74 Å². The van der Waals surface area contributed by atoms with Crippen LogP contribution in [-0.4, -0.2) is 54.0 Å². The number of rotatable bonds is 6. The molecule has 1 atom stereocenters. The summed E-state index contributed by atoms with van der Waals surface area (Å²) in [4.78, 5) is 22.0. The van der Waals surface area contributed by atoms with E-state index in [1.165, 1.54) is 25.7 Å². The lowest BCUT2D eigenvalue weighted by atomic mass is 10.0. The van der Waals surface area contributed by atoms with Gasteiger partial charge in [-0.3, -0.25) is 9.69 Å². The van der Waals surface area contributed by atoms with E-state index in [-0.39, 0.29) is 11.9 Å². The average Bonchev–Trinajstić information content (AvgIpc) is 3.09. The molecule has 1 aromatic carbocycles. The Kier molecular flexibility index (Phi) is 7.05. The van der Waals surface area contributed by atoms with Crippen LogP contribution in [0.5, 0.6) is 5.75 Å². The molecule has 2 aromatic rings. The fourth-order valence-corrected chi connectivity index (χ4v) is 4.66. The molecule has 162 valence electrons. The number of carbonyl (C=O) groups is 1. The monoisotopic (exact) mass is 411 g/mol. The van der Waals surface area contributed by atoms with Gasteiger partial charge < -0.3 is 14.1 Å². The highest BCUT2D eigenvalue weighted by Crippen LogP contribution is 2.32. The number of benzene rings is 1. The minimum Gasteiger partial charge on any atom is -0.496 e. The van der Waals surface area contributed by atoms with Crippen LogP contribution in [0.3, 0.4) is 0 Å². The Hall–Kier alpha value is -2.34. The van der Waals surface area contributed by atoms with Gasteiger partial charge in [0.1, 0.15) is 17.6 Å². The van der Waals surface area contributed by atoms with E-state index in [0.29, 0.717) is 18.9 Å². The first-order valence-electron chi connectivity index (χ1n) is 11.3. The lowest BCUT2D eigenvalue weighted by Crippen LogP contribution is -2.44. The number of nitrogens with zero attached hydrogens (tertiary/aromatic N) is 3. The first-order valence-corrected chi connectivity index (χ1v) is 11.3. The molecular formula is C24H33N3O3. The van der Waals surface area contributed by atoms with Crippen LogP contribution in [0.15, 0.2) is 34.9 Å². The van der Waals surface area contributed by atoms with E-state index in [2.05, 4.69) is 9.88 Å². The average molecular weight is 412 g/mol. The quantitative estimate of drug-likeness (QED) is 0.713. The van der Waals surface area contributed by atoms with Gasteiger partial charge in [0.15, 0.2) is 0 Å². The van der Waals surface area contributed by atoms with E-state index in [9.17, 15) is 4.79 Å². The fraction of sp³-hybridized carbons (Fsp3) is 0.583. The number of hydrogen-bond acceptors (Lipinski definition) is 5. The van der Waals surface area contributed by atoms with Crippen molar-refractivity contribution in [3.63, 3.8) is 0 Å². The van der Waals surface area contributed by atoms with Gasteiger partial charge in [0.2, 0.25) is 11.8 Å². The first kappa shape index (κ1) is 20.9. The molecule has 2 saturated heterocycles. The summed E-state index contributed by atoms with van der Waals surface area (Å²) in [6.07, 6.45) is 10.5. The molecule has 0 aliphatic carbocycles. The van der Waals surface area contributed by atoms with Gasteiger partial charge >= 0.3 is 0 Å². The molecule has 1 amide bonds. The maximum absolute atomic E-state index is 13.1. The van der Waals surface area contributed by atoms with Crippen molar-refractivity contribution in [1.82, 2.24) is 14.8 Å². The molecule has 6 nitrogen and oxygen atoms in total. The summed E-state index contributed by atoms with van der Waals surface area (Å²) >= 11 is 0. The number of hydrogen-bond donors (Lipinski definition) is 0. The number of piperidine rings is 1. The van der Waals surface area contributed by atoms with Gasteiger partial charge in [-0.25, -0.2) is 4.98 Å². The number of oxazole rings is 1. The molecule has 2 fully saturated rings. The number of para-hydroxylation sites is 1. The SMILES string of the molecule is COc1ccccc1Cc1cnc(C2CCCCN2C(=O)CN2CCCCCC2)o1. The Labute approximate surface area is 179 Å². The van der Waals surface area contributed by atoms with Gasteiger partial charge in [-0.05, 0) is 51.3 Å². The van der Waals surface area contributed by atoms with E-state index in [1.54, 1.807) is 13.3 Å². The molecule has 0 radical (unpaired) electrons. The van der Waals surface area contributed by atoms with E-state index >= 15 is 0 Å². The third-order valence-electron chi connectivity index (χ3n) is 6.29. The van der Waals surface area contributed by atoms with Crippen molar-refractivity contribution in [2.45, 2.75) is 57.4 Å². The highest BCUT2D eigenvalue weighted by atomic mass is 16.5. The van der Waals surface area contributed by atoms with Crippen molar-refractivity contribution in [3.05, 3.63) is 47.7 Å². The van der Waals surface area contributed by atoms with E-state index in [4.69, 9.17) is 9.15 Å². The lowest BCUT2D eigenvalue weighted by Gasteiger charge is -2.35. The molecule has 1 aromatic heterocycles. The molecule has 4 rings (SSSR count). The van der Waals surface area contributed by atoms with Crippen molar-refractivity contribution >= 4 is 5.91 Å². The summed E-state index contributed by atoms with van der Waals surface area (Å²) in [6, 6.07) is 7.91. The topological polar surface area (TPSA) is 58.8 Å². The molecule has 0 saturated carbocycles. The van der Waals surface area contributed by atoms with Crippen molar-refractivity contribution in [3.8, 4) is 5.75 Å². The predicted octanol–water partition coefficient (Wildman–Crippen LogP) is 4.20. The Morgan fingerprint density at radius 1 is 1.10 bits per heavy atom. The van der Waals surface area contributed by atoms with E-state index in [0.717, 1.165) is 56.0 Å². The molecule has 1 unspecified atom stereocenters. The Morgan fingerprint density at radius 3 is 2.67 bits per heavy atom. The van der Waals surface area contributed by atoms with Crippen LogP contribution in [0.4, 0.5) is 0 Å². The minimum atomic E-state index is -0.0513. The number of aromatic nitrogens is 1. The Morgan fingerprint density at radius 2 is 1.87 bits per heavy atom. The van der Waals surface area contributed by atoms with Gasteiger partial charge in [-0.15, -0.1) is 0 Å². The van der Waals surface area contributed by atoms with E-state index in [1.807, 2.05) is 29.2 Å². The smallest absolute Gasteiger partial charge is 0.237 e. The van der Waals surface area contributed by atoms with Crippen molar-refractivity contribution < 1.29 is 13.9 Å². The highest BCUT2D eigenvalue weighted by molar-refractivity contribution is 5.78. The summed E-state index contributed by atoms with van der Waals surface area (Å²) in [7, 11) is 1.68. The zero-order valence-electron chi connectivity index (χ0n) is 18.0. The standard InChI is InChI=1S/C24H33N3O3/c1-29-22-12-5-4-10-19(22)16-20-17-25-24(30-20)21-11-6-9-15-27(21)23(28)18-26-13-7-2-3-8-14-26/h4-5,10,12,17,21H,2-3,6-9,11,13-16,18H2,1H3. The van der Waals surface area contributed by atoms with Crippen LogP contribution in [-0.2, 0) is 11.2 Å². The van der Waals surface area contributed by atoms with Gasteiger partial charge in [-0.2, -0.15) is 0 Å². The molecule has 0 spiro atoms. The second-order valence-electron chi connectivity index (χ2n) is 8.44. The molecule has 3 heterocycles. The zero-order chi connectivity index (χ0) is 20.8. The molecule has 6 heteroatoms. The van der Waals surface area contributed by atoms with Crippen LogP contribution in [0.1, 0.15) is 68.2 Å². The summed E-state index contributed by atoms with van der Waals surface area (Å²) in [5.41, 5.74) is 1.07. The number of amides is 1. The van der Waals surface area contributed by atoms with Crippen LogP contribution in [0.2, 0.25) is 0 Å². The maximum atomic E-state index is 13.1. The second kappa shape index (κ2) is 10.1. The molecule has 0 bridgehead atoms. The van der Waals surface area contributed by atoms with Gasteiger partial charge in [0.05, 0.1) is 19.9 Å². The molecule has 30 heavy (non-hydrogen) atoms.